The molecule has 0 radical (unpaired) electrons. The van der Waals surface area contributed by atoms with Crippen LogP contribution in [0.4, 0.5) is 0 Å². The topological polar surface area (TPSA) is 83.0 Å². The SMILES string of the molecule is O=C(O)c1cc2nc[nH]c(=O)c2cc1Cl. The van der Waals surface area contributed by atoms with E-state index < -0.39 is 5.97 Å². The van der Waals surface area contributed by atoms with Crippen LogP contribution < -0.4 is 5.56 Å². The molecule has 5 nitrogen and oxygen atoms in total. The van der Waals surface area contributed by atoms with Gasteiger partial charge in [-0.1, -0.05) is 11.6 Å². The zero-order chi connectivity index (χ0) is 11.0. The first-order valence-corrected chi connectivity index (χ1v) is 4.37. The summed E-state index contributed by atoms with van der Waals surface area (Å²) in [5.41, 5.74) is -0.110. The number of aromatic nitrogens is 2. The fourth-order valence-electron chi connectivity index (χ4n) is 1.25. The van der Waals surface area contributed by atoms with Crippen molar-refractivity contribution in [2.75, 3.05) is 0 Å². The summed E-state index contributed by atoms with van der Waals surface area (Å²) < 4.78 is 0. The van der Waals surface area contributed by atoms with Crippen molar-refractivity contribution in [3.05, 3.63) is 39.4 Å². The molecule has 2 rings (SSSR count). The molecule has 0 unspecified atom stereocenters. The van der Waals surface area contributed by atoms with E-state index >= 15 is 0 Å². The molecule has 76 valence electrons. The van der Waals surface area contributed by atoms with Crippen molar-refractivity contribution in [3.8, 4) is 0 Å². The van der Waals surface area contributed by atoms with E-state index in [2.05, 4.69) is 9.97 Å². The normalized spacial score (nSPS) is 10.5. The number of aromatic amines is 1. The van der Waals surface area contributed by atoms with Gasteiger partial charge in [0.05, 0.1) is 27.8 Å². The van der Waals surface area contributed by atoms with Gasteiger partial charge in [-0.2, -0.15) is 0 Å². The molecule has 0 amide bonds. The highest BCUT2D eigenvalue weighted by Gasteiger charge is 2.11. The molecule has 0 spiro atoms. The van der Waals surface area contributed by atoms with E-state index in [0.29, 0.717) is 5.52 Å². The molecule has 0 saturated carbocycles. The zero-order valence-corrected chi connectivity index (χ0v) is 8.08. The summed E-state index contributed by atoms with van der Waals surface area (Å²) in [6.45, 7) is 0. The highest BCUT2D eigenvalue weighted by Crippen LogP contribution is 2.20. The summed E-state index contributed by atoms with van der Waals surface area (Å²) in [7, 11) is 0. The lowest BCUT2D eigenvalue weighted by atomic mass is 10.1. The number of H-pyrrole nitrogens is 1. The van der Waals surface area contributed by atoms with E-state index in [0.717, 1.165) is 0 Å². The van der Waals surface area contributed by atoms with Crippen LogP contribution in [0.1, 0.15) is 10.4 Å². The lowest BCUT2D eigenvalue weighted by Crippen LogP contribution is -2.07. The molecule has 0 aliphatic rings. The summed E-state index contributed by atoms with van der Waals surface area (Å²) >= 11 is 5.71. The van der Waals surface area contributed by atoms with Crippen LogP contribution in [0.25, 0.3) is 10.9 Å². The predicted molar refractivity (Wildman–Crippen MR) is 54.3 cm³/mol. The number of carboxylic acid groups (broad SMARTS) is 1. The van der Waals surface area contributed by atoms with Gasteiger partial charge in [0.1, 0.15) is 0 Å². The Morgan fingerprint density at radius 2 is 2.20 bits per heavy atom. The third kappa shape index (κ3) is 1.57. The molecule has 0 fully saturated rings. The minimum Gasteiger partial charge on any atom is -0.478 e. The quantitative estimate of drug-likeness (QED) is 0.764. The van der Waals surface area contributed by atoms with Crippen molar-refractivity contribution in [1.82, 2.24) is 9.97 Å². The molecule has 2 N–H and O–H groups in total. The molecule has 6 heteroatoms. The van der Waals surface area contributed by atoms with Crippen molar-refractivity contribution >= 4 is 28.5 Å². The average molecular weight is 225 g/mol. The fraction of sp³-hybridized carbons (Fsp3) is 0. The number of nitrogens with zero attached hydrogens (tertiary/aromatic N) is 1. The fourth-order valence-corrected chi connectivity index (χ4v) is 1.50. The van der Waals surface area contributed by atoms with Crippen molar-refractivity contribution in [2.45, 2.75) is 0 Å². The zero-order valence-electron chi connectivity index (χ0n) is 7.32. The summed E-state index contributed by atoms with van der Waals surface area (Å²) in [5.74, 6) is -1.15. The Morgan fingerprint density at radius 1 is 1.47 bits per heavy atom. The molecule has 0 aliphatic heterocycles. The van der Waals surface area contributed by atoms with Crippen LogP contribution in [0, 0.1) is 0 Å². The van der Waals surface area contributed by atoms with Crippen molar-refractivity contribution in [2.24, 2.45) is 0 Å². The molecule has 2 aromatic rings. The Balaban J connectivity index is 2.88. The highest BCUT2D eigenvalue weighted by atomic mass is 35.5. The molecule has 0 bridgehead atoms. The second-order valence-corrected chi connectivity index (χ2v) is 3.29. The standard InChI is InChI=1S/C9H5ClN2O3/c10-6-1-5-7(2-4(6)9(14)15)11-3-12-8(5)13/h1-3H,(H,14,15)(H,11,12,13). The van der Waals surface area contributed by atoms with E-state index in [9.17, 15) is 9.59 Å². The van der Waals surface area contributed by atoms with Gasteiger partial charge in [0.25, 0.3) is 5.56 Å². The van der Waals surface area contributed by atoms with E-state index in [1.807, 2.05) is 0 Å². The number of fused-ring (bicyclic) bond motifs is 1. The highest BCUT2D eigenvalue weighted by molar-refractivity contribution is 6.34. The molecule has 1 aromatic heterocycles. The number of carbonyl (C=O) groups is 1. The van der Waals surface area contributed by atoms with Crippen LogP contribution in [0.3, 0.4) is 0 Å². The van der Waals surface area contributed by atoms with Crippen LogP contribution in [-0.4, -0.2) is 21.0 Å². The molecule has 1 aromatic carbocycles. The molecule has 15 heavy (non-hydrogen) atoms. The van der Waals surface area contributed by atoms with Gasteiger partial charge >= 0.3 is 5.97 Å². The number of benzene rings is 1. The summed E-state index contributed by atoms with van der Waals surface area (Å²) in [5, 5.41) is 9.09. The number of halogens is 1. The minimum absolute atomic E-state index is 0.0218. The first kappa shape index (κ1) is 9.67. The van der Waals surface area contributed by atoms with E-state index in [1.54, 1.807) is 0 Å². The second-order valence-electron chi connectivity index (χ2n) is 2.89. The Morgan fingerprint density at radius 3 is 2.87 bits per heavy atom. The number of hydrogen-bond acceptors (Lipinski definition) is 3. The maximum atomic E-state index is 11.3. The minimum atomic E-state index is -1.15. The van der Waals surface area contributed by atoms with Crippen LogP contribution in [-0.2, 0) is 0 Å². The molecular weight excluding hydrogens is 220 g/mol. The molecule has 0 saturated heterocycles. The van der Waals surface area contributed by atoms with Gasteiger partial charge in [-0.15, -0.1) is 0 Å². The molecule has 1 heterocycles. The predicted octanol–water partition coefficient (Wildman–Crippen LogP) is 1.27. The van der Waals surface area contributed by atoms with Gasteiger partial charge in [-0.3, -0.25) is 4.79 Å². The van der Waals surface area contributed by atoms with Crippen LogP contribution in [0.15, 0.2) is 23.3 Å². The maximum absolute atomic E-state index is 11.3. The van der Waals surface area contributed by atoms with E-state index in [-0.39, 0.29) is 21.5 Å². The number of aromatic carboxylic acids is 1. The molecule has 0 aliphatic carbocycles. The smallest absolute Gasteiger partial charge is 0.337 e. The molecule has 0 atom stereocenters. The largest absolute Gasteiger partial charge is 0.478 e. The number of carboxylic acids is 1. The van der Waals surface area contributed by atoms with Gasteiger partial charge in [0.2, 0.25) is 0 Å². The van der Waals surface area contributed by atoms with Gasteiger partial charge in [-0.25, -0.2) is 9.78 Å². The third-order valence-electron chi connectivity index (χ3n) is 1.96. The van der Waals surface area contributed by atoms with Crippen LogP contribution >= 0.6 is 11.6 Å². The Kier molecular flexibility index (Phi) is 2.17. The van der Waals surface area contributed by atoms with Gasteiger partial charge < -0.3 is 10.1 Å². The van der Waals surface area contributed by atoms with Crippen molar-refractivity contribution < 1.29 is 9.90 Å². The average Bonchev–Trinajstić information content (AvgIpc) is 2.18. The lowest BCUT2D eigenvalue weighted by molar-refractivity contribution is 0.0697. The monoisotopic (exact) mass is 224 g/mol. The van der Waals surface area contributed by atoms with Crippen LogP contribution in [0.5, 0.6) is 0 Å². The Bertz CT molecular complexity index is 606. The maximum Gasteiger partial charge on any atom is 0.337 e. The molecular formula is C9H5ClN2O3. The second kappa shape index (κ2) is 3.36. The first-order valence-electron chi connectivity index (χ1n) is 4.00. The Hall–Kier alpha value is -1.88. The Labute approximate surface area is 88.3 Å². The summed E-state index contributed by atoms with van der Waals surface area (Å²) in [4.78, 5) is 28.3. The summed E-state index contributed by atoms with van der Waals surface area (Å²) in [6, 6.07) is 2.57. The van der Waals surface area contributed by atoms with E-state index in [1.165, 1.54) is 18.5 Å². The number of hydrogen-bond donors (Lipinski definition) is 2. The van der Waals surface area contributed by atoms with Gasteiger partial charge in [0.15, 0.2) is 0 Å². The van der Waals surface area contributed by atoms with Crippen molar-refractivity contribution in [3.63, 3.8) is 0 Å². The van der Waals surface area contributed by atoms with Gasteiger partial charge in [0, 0.05) is 0 Å². The number of rotatable bonds is 1. The van der Waals surface area contributed by atoms with Gasteiger partial charge in [-0.05, 0) is 12.1 Å². The first-order chi connectivity index (χ1) is 7.09. The van der Waals surface area contributed by atoms with Crippen LogP contribution in [0.2, 0.25) is 5.02 Å². The summed E-state index contributed by atoms with van der Waals surface area (Å²) in [6.07, 6.45) is 1.21. The third-order valence-corrected chi connectivity index (χ3v) is 2.27. The van der Waals surface area contributed by atoms with E-state index in [4.69, 9.17) is 16.7 Å². The number of nitrogens with one attached hydrogen (secondary N) is 1. The van der Waals surface area contributed by atoms with Crippen molar-refractivity contribution in [1.29, 1.82) is 0 Å². The lowest BCUT2D eigenvalue weighted by Gasteiger charge is -2.00.